The van der Waals surface area contributed by atoms with Gasteiger partial charge in [0, 0.05) is 26.2 Å². The molecule has 1 heterocycles. The molecule has 100 valence electrons. The Labute approximate surface area is 103 Å². The van der Waals surface area contributed by atoms with E-state index in [1.54, 1.807) is 0 Å². The predicted octanol–water partition coefficient (Wildman–Crippen LogP) is 1.89. The number of halogens is 3. The summed E-state index contributed by atoms with van der Waals surface area (Å²) < 4.78 is 37.2. The van der Waals surface area contributed by atoms with E-state index in [1.807, 2.05) is 0 Å². The number of aromatic nitrogens is 1. The Morgan fingerprint density at radius 3 is 2.50 bits per heavy atom. The van der Waals surface area contributed by atoms with Gasteiger partial charge in [-0.2, -0.15) is 13.2 Å². The fourth-order valence-electron chi connectivity index (χ4n) is 1.25. The summed E-state index contributed by atoms with van der Waals surface area (Å²) in [6.45, 7) is 3.12. The van der Waals surface area contributed by atoms with E-state index < -0.39 is 11.9 Å². The molecule has 1 N–H and O–H groups in total. The SMILES string of the molecule is CC(=O)N(C)NCc1ccc(C(F)(F)F)nc1C. The maximum absolute atomic E-state index is 12.4. The van der Waals surface area contributed by atoms with Gasteiger partial charge in [0.2, 0.25) is 5.91 Å². The van der Waals surface area contributed by atoms with Gasteiger partial charge >= 0.3 is 6.18 Å². The molecule has 0 aliphatic heterocycles. The van der Waals surface area contributed by atoms with Gasteiger partial charge in [-0.1, -0.05) is 6.07 Å². The number of aryl methyl sites for hydroxylation is 1. The van der Waals surface area contributed by atoms with Crippen LogP contribution in [0.5, 0.6) is 0 Å². The summed E-state index contributed by atoms with van der Waals surface area (Å²) in [7, 11) is 1.54. The first-order valence-electron chi connectivity index (χ1n) is 5.23. The minimum Gasteiger partial charge on any atom is -0.281 e. The highest BCUT2D eigenvalue weighted by atomic mass is 19.4. The fourth-order valence-corrected chi connectivity index (χ4v) is 1.25. The lowest BCUT2D eigenvalue weighted by Crippen LogP contribution is -2.37. The summed E-state index contributed by atoms with van der Waals surface area (Å²) in [6.07, 6.45) is -4.44. The van der Waals surface area contributed by atoms with Crippen LogP contribution in [0.25, 0.3) is 0 Å². The number of amides is 1. The second kappa shape index (κ2) is 5.34. The van der Waals surface area contributed by atoms with Gasteiger partial charge in [0.15, 0.2) is 0 Å². The lowest BCUT2D eigenvalue weighted by atomic mass is 10.2. The molecule has 0 bridgehead atoms. The minimum absolute atomic E-state index is 0.187. The van der Waals surface area contributed by atoms with Crippen molar-refractivity contribution < 1.29 is 18.0 Å². The highest BCUT2D eigenvalue weighted by molar-refractivity contribution is 5.72. The molecule has 0 fully saturated rings. The summed E-state index contributed by atoms with van der Waals surface area (Å²) >= 11 is 0. The highest BCUT2D eigenvalue weighted by Gasteiger charge is 2.32. The normalized spacial score (nSPS) is 11.4. The molecule has 0 unspecified atom stereocenters. The summed E-state index contributed by atoms with van der Waals surface area (Å²) in [6, 6.07) is 2.28. The van der Waals surface area contributed by atoms with Crippen LogP contribution in [-0.2, 0) is 17.5 Å². The third kappa shape index (κ3) is 3.69. The zero-order valence-electron chi connectivity index (χ0n) is 10.3. The Kier molecular flexibility index (Phi) is 4.28. The summed E-state index contributed by atoms with van der Waals surface area (Å²) in [5.41, 5.74) is 2.74. The van der Waals surface area contributed by atoms with Crippen LogP contribution in [0.1, 0.15) is 23.9 Å². The Morgan fingerprint density at radius 1 is 1.44 bits per heavy atom. The van der Waals surface area contributed by atoms with Crippen LogP contribution in [0.15, 0.2) is 12.1 Å². The van der Waals surface area contributed by atoms with Crippen LogP contribution in [0.4, 0.5) is 13.2 Å². The number of carbonyl (C=O) groups is 1. The molecule has 1 aromatic heterocycles. The second-order valence-corrected chi connectivity index (χ2v) is 3.85. The number of hydrogen-bond acceptors (Lipinski definition) is 3. The quantitative estimate of drug-likeness (QED) is 0.845. The minimum atomic E-state index is -4.44. The molecule has 0 atom stereocenters. The molecule has 7 heteroatoms. The van der Waals surface area contributed by atoms with Gasteiger partial charge in [0.1, 0.15) is 5.69 Å². The van der Waals surface area contributed by atoms with Crippen molar-refractivity contribution >= 4 is 5.91 Å². The molecular weight excluding hydrogens is 247 g/mol. The van der Waals surface area contributed by atoms with Crippen molar-refractivity contribution in [3.05, 3.63) is 29.1 Å². The van der Waals surface area contributed by atoms with Crippen LogP contribution < -0.4 is 5.43 Å². The molecule has 0 saturated heterocycles. The summed E-state index contributed by atoms with van der Waals surface area (Å²) in [5, 5.41) is 1.26. The first kappa shape index (κ1) is 14.4. The molecule has 0 spiro atoms. The van der Waals surface area contributed by atoms with E-state index in [9.17, 15) is 18.0 Å². The zero-order chi connectivity index (χ0) is 13.9. The predicted molar refractivity (Wildman–Crippen MR) is 59.3 cm³/mol. The van der Waals surface area contributed by atoms with Crippen molar-refractivity contribution in [3.8, 4) is 0 Å². The van der Waals surface area contributed by atoms with Gasteiger partial charge in [0.25, 0.3) is 0 Å². The van der Waals surface area contributed by atoms with Gasteiger partial charge in [0.05, 0.1) is 0 Å². The smallest absolute Gasteiger partial charge is 0.281 e. The number of nitrogens with zero attached hydrogens (tertiary/aromatic N) is 2. The number of pyridine rings is 1. The van der Waals surface area contributed by atoms with E-state index >= 15 is 0 Å². The largest absolute Gasteiger partial charge is 0.433 e. The Balaban J connectivity index is 2.78. The number of hydrazine groups is 1. The monoisotopic (exact) mass is 261 g/mol. The number of hydrogen-bond donors (Lipinski definition) is 1. The standard InChI is InChI=1S/C11H14F3N3O/c1-7-9(6-15-17(3)8(2)18)4-5-10(16-7)11(12,13)14/h4-5,15H,6H2,1-3H3. The number of carbonyl (C=O) groups excluding carboxylic acids is 1. The van der Waals surface area contributed by atoms with Crippen molar-refractivity contribution in [2.24, 2.45) is 0 Å². The molecule has 0 saturated carbocycles. The second-order valence-electron chi connectivity index (χ2n) is 3.85. The zero-order valence-corrected chi connectivity index (χ0v) is 10.3. The topological polar surface area (TPSA) is 45.2 Å². The van der Waals surface area contributed by atoms with Crippen LogP contribution >= 0.6 is 0 Å². The average molecular weight is 261 g/mol. The van der Waals surface area contributed by atoms with E-state index in [-0.39, 0.29) is 18.1 Å². The van der Waals surface area contributed by atoms with Crippen molar-refractivity contribution in [1.29, 1.82) is 0 Å². The van der Waals surface area contributed by atoms with Crippen molar-refractivity contribution in [3.63, 3.8) is 0 Å². The van der Waals surface area contributed by atoms with Gasteiger partial charge in [-0.3, -0.25) is 9.80 Å². The van der Waals surface area contributed by atoms with Crippen LogP contribution in [0.3, 0.4) is 0 Å². The van der Waals surface area contributed by atoms with Crippen LogP contribution in [-0.4, -0.2) is 22.9 Å². The molecule has 1 aromatic rings. The molecular formula is C11H14F3N3O. The fraction of sp³-hybridized carbons (Fsp3) is 0.455. The van der Waals surface area contributed by atoms with Crippen molar-refractivity contribution in [2.45, 2.75) is 26.6 Å². The van der Waals surface area contributed by atoms with Crippen molar-refractivity contribution in [2.75, 3.05) is 7.05 Å². The summed E-state index contributed by atoms with van der Waals surface area (Å²) in [5.74, 6) is -0.187. The third-order valence-electron chi connectivity index (χ3n) is 2.46. The first-order valence-corrected chi connectivity index (χ1v) is 5.23. The van der Waals surface area contributed by atoms with Gasteiger partial charge in [-0.25, -0.2) is 10.4 Å². The van der Waals surface area contributed by atoms with Crippen molar-refractivity contribution in [1.82, 2.24) is 15.4 Å². The van der Waals surface area contributed by atoms with E-state index in [0.717, 1.165) is 6.07 Å². The Morgan fingerprint density at radius 2 is 2.06 bits per heavy atom. The van der Waals surface area contributed by atoms with E-state index in [4.69, 9.17) is 0 Å². The van der Waals surface area contributed by atoms with E-state index in [2.05, 4.69) is 10.4 Å². The Hall–Kier alpha value is -1.63. The third-order valence-corrected chi connectivity index (χ3v) is 2.46. The first-order chi connectivity index (χ1) is 8.21. The lowest BCUT2D eigenvalue weighted by Gasteiger charge is -2.17. The maximum atomic E-state index is 12.4. The number of alkyl halides is 3. The molecule has 18 heavy (non-hydrogen) atoms. The van der Waals surface area contributed by atoms with E-state index in [1.165, 1.54) is 32.0 Å². The number of nitrogens with one attached hydrogen (secondary N) is 1. The molecule has 0 aromatic carbocycles. The van der Waals surface area contributed by atoms with Crippen LogP contribution in [0.2, 0.25) is 0 Å². The average Bonchev–Trinajstić information content (AvgIpc) is 2.25. The molecule has 4 nitrogen and oxygen atoms in total. The maximum Gasteiger partial charge on any atom is 0.433 e. The lowest BCUT2D eigenvalue weighted by molar-refractivity contribution is -0.141. The number of rotatable bonds is 3. The molecule has 0 aliphatic rings. The van der Waals surface area contributed by atoms with Gasteiger partial charge < -0.3 is 0 Å². The van der Waals surface area contributed by atoms with Gasteiger partial charge in [-0.05, 0) is 18.6 Å². The van der Waals surface area contributed by atoms with Crippen LogP contribution in [0, 0.1) is 6.92 Å². The molecule has 0 radical (unpaired) electrons. The van der Waals surface area contributed by atoms with Gasteiger partial charge in [-0.15, -0.1) is 0 Å². The molecule has 1 amide bonds. The van der Waals surface area contributed by atoms with E-state index in [0.29, 0.717) is 5.56 Å². The highest BCUT2D eigenvalue weighted by Crippen LogP contribution is 2.28. The summed E-state index contributed by atoms with van der Waals surface area (Å²) in [4.78, 5) is 14.4. The Bertz CT molecular complexity index is 446. The molecule has 1 rings (SSSR count). The molecule has 0 aliphatic carbocycles.